The van der Waals surface area contributed by atoms with Crippen LogP contribution in [0.15, 0.2) is 0 Å². The van der Waals surface area contributed by atoms with E-state index >= 15 is 0 Å². The topological polar surface area (TPSA) is 40.5 Å². The molecule has 1 heterocycles. The van der Waals surface area contributed by atoms with Crippen molar-refractivity contribution in [3.63, 3.8) is 0 Å². The van der Waals surface area contributed by atoms with Crippen LogP contribution in [0.2, 0.25) is 0 Å². The summed E-state index contributed by atoms with van der Waals surface area (Å²) < 4.78 is 0. The molecule has 2 aliphatic rings. The molecule has 1 N–H and O–H groups in total. The number of carboxylic acids is 1. The molecule has 2 fully saturated rings. The van der Waals surface area contributed by atoms with Crippen LogP contribution in [0, 0.1) is 11.3 Å². The lowest BCUT2D eigenvalue weighted by atomic mass is 9.77. The first kappa shape index (κ1) is 10.9. The minimum absolute atomic E-state index is 0.116. The minimum Gasteiger partial charge on any atom is -0.481 e. The van der Waals surface area contributed by atoms with Gasteiger partial charge in [-0.2, -0.15) is 0 Å². The summed E-state index contributed by atoms with van der Waals surface area (Å²) in [6, 6.07) is 0.310. The normalized spacial score (nSPS) is 35.9. The van der Waals surface area contributed by atoms with Gasteiger partial charge in [0.15, 0.2) is 0 Å². The molecular formula is C12H21NO2. The SMILES string of the molecule is CC1(C)CN(C2CCCCC2C(=O)O)C1. The van der Waals surface area contributed by atoms with Gasteiger partial charge in [-0.25, -0.2) is 0 Å². The molecular weight excluding hydrogens is 190 g/mol. The van der Waals surface area contributed by atoms with Crippen LogP contribution in [0.3, 0.4) is 0 Å². The van der Waals surface area contributed by atoms with Crippen molar-refractivity contribution in [2.24, 2.45) is 11.3 Å². The van der Waals surface area contributed by atoms with Gasteiger partial charge in [-0.15, -0.1) is 0 Å². The molecule has 2 rings (SSSR count). The van der Waals surface area contributed by atoms with Gasteiger partial charge in [0, 0.05) is 19.1 Å². The van der Waals surface area contributed by atoms with Crippen LogP contribution in [0.25, 0.3) is 0 Å². The zero-order chi connectivity index (χ0) is 11.1. The quantitative estimate of drug-likeness (QED) is 0.759. The smallest absolute Gasteiger partial charge is 0.308 e. The Balaban J connectivity index is 1.97. The van der Waals surface area contributed by atoms with Crippen molar-refractivity contribution in [3.8, 4) is 0 Å². The molecule has 0 bridgehead atoms. The summed E-state index contributed by atoms with van der Waals surface area (Å²) in [4.78, 5) is 13.5. The van der Waals surface area contributed by atoms with Gasteiger partial charge < -0.3 is 5.11 Å². The van der Waals surface area contributed by atoms with Gasteiger partial charge in [-0.1, -0.05) is 26.7 Å². The van der Waals surface area contributed by atoms with E-state index in [9.17, 15) is 9.90 Å². The van der Waals surface area contributed by atoms with E-state index in [1.165, 1.54) is 6.42 Å². The molecule has 1 saturated carbocycles. The molecule has 0 aromatic heterocycles. The zero-order valence-electron chi connectivity index (χ0n) is 9.70. The van der Waals surface area contributed by atoms with Crippen LogP contribution in [0.1, 0.15) is 39.5 Å². The molecule has 3 nitrogen and oxygen atoms in total. The molecule has 0 amide bonds. The monoisotopic (exact) mass is 211 g/mol. The van der Waals surface area contributed by atoms with Gasteiger partial charge in [0.25, 0.3) is 0 Å². The highest BCUT2D eigenvalue weighted by Gasteiger charge is 2.43. The lowest BCUT2D eigenvalue weighted by molar-refractivity contribution is -0.148. The molecule has 0 aromatic carbocycles. The van der Waals surface area contributed by atoms with Crippen LogP contribution < -0.4 is 0 Å². The summed E-state index contributed by atoms with van der Waals surface area (Å²) in [6.07, 6.45) is 4.24. The lowest BCUT2D eigenvalue weighted by Crippen LogP contribution is -2.60. The molecule has 1 saturated heterocycles. The van der Waals surface area contributed by atoms with Crippen molar-refractivity contribution < 1.29 is 9.90 Å². The summed E-state index contributed by atoms with van der Waals surface area (Å²) in [7, 11) is 0. The number of carbonyl (C=O) groups is 1. The van der Waals surface area contributed by atoms with Crippen molar-refractivity contribution in [3.05, 3.63) is 0 Å². The Morgan fingerprint density at radius 2 is 1.87 bits per heavy atom. The van der Waals surface area contributed by atoms with E-state index in [-0.39, 0.29) is 5.92 Å². The molecule has 0 spiro atoms. The first-order valence-electron chi connectivity index (χ1n) is 5.96. The Hall–Kier alpha value is -0.570. The van der Waals surface area contributed by atoms with E-state index < -0.39 is 5.97 Å². The Labute approximate surface area is 91.5 Å². The number of nitrogens with zero attached hydrogens (tertiary/aromatic N) is 1. The number of hydrogen-bond donors (Lipinski definition) is 1. The standard InChI is InChI=1S/C12H21NO2/c1-12(2)7-13(8-12)10-6-4-3-5-9(10)11(14)15/h9-10H,3-8H2,1-2H3,(H,14,15). The summed E-state index contributed by atoms with van der Waals surface area (Å²) in [5, 5.41) is 9.18. The molecule has 1 aliphatic heterocycles. The first-order valence-corrected chi connectivity index (χ1v) is 5.96. The number of hydrogen-bond acceptors (Lipinski definition) is 2. The van der Waals surface area contributed by atoms with Crippen molar-refractivity contribution in [1.82, 2.24) is 4.90 Å². The van der Waals surface area contributed by atoms with Crippen LogP contribution in [0.4, 0.5) is 0 Å². The first-order chi connectivity index (χ1) is 6.99. The van der Waals surface area contributed by atoms with Crippen molar-refractivity contribution >= 4 is 5.97 Å². The number of carboxylic acid groups (broad SMARTS) is 1. The fourth-order valence-corrected chi connectivity index (χ4v) is 3.12. The third kappa shape index (κ3) is 2.17. The highest BCUT2D eigenvalue weighted by atomic mass is 16.4. The predicted molar refractivity (Wildman–Crippen MR) is 58.7 cm³/mol. The molecule has 2 atom stereocenters. The van der Waals surface area contributed by atoms with Gasteiger partial charge in [0.2, 0.25) is 0 Å². The third-order valence-corrected chi connectivity index (χ3v) is 3.78. The van der Waals surface area contributed by atoms with Crippen molar-refractivity contribution in [2.75, 3.05) is 13.1 Å². The third-order valence-electron chi connectivity index (χ3n) is 3.78. The summed E-state index contributed by atoms with van der Waals surface area (Å²) in [6.45, 7) is 6.65. The minimum atomic E-state index is -0.593. The second kappa shape index (κ2) is 3.78. The molecule has 1 aliphatic carbocycles. The second-order valence-electron chi connectivity index (χ2n) is 5.87. The van der Waals surface area contributed by atoms with E-state index in [0.717, 1.165) is 32.4 Å². The van der Waals surface area contributed by atoms with E-state index in [0.29, 0.717) is 11.5 Å². The van der Waals surface area contributed by atoms with Crippen LogP contribution in [-0.4, -0.2) is 35.1 Å². The number of likely N-dealkylation sites (tertiary alicyclic amines) is 1. The lowest BCUT2D eigenvalue weighted by Gasteiger charge is -2.52. The molecule has 0 aromatic rings. The summed E-state index contributed by atoms with van der Waals surface area (Å²) in [5.74, 6) is -0.709. The maximum absolute atomic E-state index is 11.1. The summed E-state index contributed by atoms with van der Waals surface area (Å²) in [5.41, 5.74) is 0.403. The van der Waals surface area contributed by atoms with Crippen LogP contribution >= 0.6 is 0 Å². The predicted octanol–water partition coefficient (Wildman–Crippen LogP) is 1.97. The molecule has 0 radical (unpaired) electrons. The summed E-state index contributed by atoms with van der Waals surface area (Å²) >= 11 is 0. The maximum Gasteiger partial charge on any atom is 0.308 e. The fraction of sp³-hybridized carbons (Fsp3) is 0.917. The number of rotatable bonds is 2. The average molecular weight is 211 g/mol. The van der Waals surface area contributed by atoms with Crippen LogP contribution in [-0.2, 0) is 4.79 Å². The molecule has 2 unspecified atom stereocenters. The van der Waals surface area contributed by atoms with E-state index in [2.05, 4.69) is 18.7 Å². The zero-order valence-corrected chi connectivity index (χ0v) is 9.70. The van der Waals surface area contributed by atoms with E-state index in [1.54, 1.807) is 0 Å². The average Bonchev–Trinajstić information content (AvgIpc) is 2.14. The highest BCUT2D eigenvalue weighted by molar-refractivity contribution is 5.71. The van der Waals surface area contributed by atoms with Gasteiger partial charge >= 0.3 is 5.97 Å². The molecule has 86 valence electrons. The highest BCUT2D eigenvalue weighted by Crippen LogP contribution is 2.37. The Morgan fingerprint density at radius 3 is 2.40 bits per heavy atom. The van der Waals surface area contributed by atoms with Gasteiger partial charge in [-0.05, 0) is 18.3 Å². The van der Waals surface area contributed by atoms with Crippen molar-refractivity contribution in [1.29, 1.82) is 0 Å². The molecule has 3 heteroatoms. The number of aliphatic carboxylic acids is 1. The van der Waals surface area contributed by atoms with Crippen LogP contribution in [0.5, 0.6) is 0 Å². The van der Waals surface area contributed by atoms with Gasteiger partial charge in [0.05, 0.1) is 5.92 Å². The second-order valence-corrected chi connectivity index (χ2v) is 5.87. The van der Waals surface area contributed by atoms with Crippen molar-refractivity contribution in [2.45, 2.75) is 45.6 Å². The van der Waals surface area contributed by atoms with Gasteiger partial charge in [-0.3, -0.25) is 9.69 Å². The maximum atomic E-state index is 11.1. The Bertz CT molecular complexity index is 254. The Morgan fingerprint density at radius 1 is 1.27 bits per heavy atom. The largest absolute Gasteiger partial charge is 0.481 e. The van der Waals surface area contributed by atoms with Gasteiger partial charge in [0.1, 0.15) is 0 Å². The molecule has 15 heavy (non-hydrogen) atoms. The fourth-order valence-electron chi connectivity index (χ4n) is 3.12. The Kier molecular flexibility index (Phi) is 2.75. The van der Waals surface area contributed by atoms with E-state index in [4.69, 9.17) is 0 Å². The van der Waals surface area contributed by atoms with E-state index in [1.807, 2.05) is 0 Å².